The molecule has 0 unspecified atom stereocenters. The third kappa shape index (κ3) is 4.66. The summed E-state index contributed by atoms with van der Waals surface area (Å²) >= 11 is 5.71. The van der Waals surface area contributed by atoms with Crippen molar-refractivity contribution >= 4 is 17.6 Å². The van der Waals surface area contributed by atoms with Gasteiger partial charge in [-0.3, -0.25) is 4.99 Å². The molecule has 7 heteroatoms. The first-order valence-electron chi connectivity index (χ1n) is 6.57. The minimum absolute atomic E-state index is 0.127. The predicted molar refractivity (Wildman–Crippen MR) is 82.6 cm³/mol. The van der Waals surface area contributed by atoms with Gasteiger partial charge in [-0.25, -0.2) is 13.8 Å². The van der Waals surface area contributed by atoms with E-state index < -0.39 is 11.6 Å². The highest BCUT2D eigenvalue weighted by Crippen LogP contribution is 2.09. The van der Waals surface area contributed by atoms with Gasteiger partial charge in [0.1, 0.15) is 16.8 Å². The Kier molecular flexibility index (Phi) is 5.66. The van der Waals surface area contributed by atoms with Crippen LogP contribution in [-0.4, -0.2) is 18.0 Å². The largest absolute Gasteiger partial charge is 0.352 e. The molecule has 0 amide bonds. The van der Waals surface area contributed by atoms with Gasteiger partial charge in [0.15, 0.2) is 5.96 Å². The van der Waals surface area contributed by atoms with E-state index in [4.69, 9.17) is 11.6 Å². The number of nitrogens with zero attached hydrogens (tertiary/aromatic N) is 2. The Morgan fingerprint density at radius 2 is 1.95 bits per heavy atom. The van der Waals surface area contributed by atoms with Gasteiger partial charge in [-0.2, -0.15) is 0 Å². The summed E-state index contributed by atoms with van der Waals surface area (Å²) in [5.41, 5.74) is 1.15. The standard InChI is InChI=1S/C15H15ClF2N4/c1-19-15(21-8-10-2-5-14(16)20-7-10)22-9-11-6-12(17)3-4-13(11)18/h2-7H,8-9H2,1H3,(H2,19,21,22). The minimum Gasteiger partial charge on any atom is -0.352 e. The average molecular weight is 325 g/mol. The number of aliphatic imine (C=N–C) groups is 1. The van der Waals surface area contributed by atoms with Crippen LogP contribution in [0.2, 0.25) is 5.15 Å². The SMILES string of the molecule is CN=C(NCc1ccc(Cl)nc1)NCc1cc(F)ccc1F. The zero-order valence-corrected chi connectivity index (χ0v) is 12.7. The fourth-order valence-corrected chi connectivity index (χ4v) is 1.89. The minimum atomic E-state index is -0.478. The van der Waals surface area contributed by atoms with Crippen molar-refractivity contribution in [2.45, 2.75) is 13.1 Å². The van der Waals surface area contributed by atoms with Crippen LogP contribution in [0.25, 0.3) is 0 Å². The van der Waals surface area contributed by atoms with Crippen molar-refractivity contribution in [3.8, 4) is 0 Å². The predicted octanol–water partition coefficient (Wildman–Crippen LogP) is 2.88. The summed E-state index contributed by atoms with van der Waals surface area (Å²) in [6, 6.07) is 6.86. The van der Waals surface area contributed by atoms with Crippen LogP contribution in [0.4, 0.5) is 8.78 Å². The molecule has 0 aliphatic carbocycles. The van der Waals surface area contributed by atoms with Crippen molar-refractivity contribution in [3.63, 3.8) is 0 Å². The smallest absolute Gasteiger partial charge is 0.191 e. The lowest BCUT2D eigenvalue weighted by molar-refractivity contribution is 0.581. The molecule has 2 rings (SSSR count). The molecule has 0 radical (unpaired) electrons. The Morgan fingerprint density at radius 1 is 1.18 bits per heavy atom. The topological polar surface area (TPSA) is 49.3 Å². The maximum absolute atomic E-state index is 13.5. The number of guanidine groups is 1. The molecule has 0 atom stereocenters. The van der Waals surface area contributed by atoms with Gasteiger partial charge in [0.2, 0.25) is 0 Å². The van der Waals surface area contributed by atoms with Gasteiger partial charge >= 0.3 is 0 Å². The average Bonchev–Trinajstić information content (AvgIpc) is 2.52. The van der Waals surface area contributed by atoms with E-state index in [-0.39, 0.29) is 12.1 Å². The van der Waals surface area contributed by atoms with Crippen LogP contribution >= 0.6 is 11.6 Å². The van der Waals surface area contributed by atoms with Gasteiger partial charge in [0.05, 0.1) is 0 Å². The van der Waals surface area contributed by atoms with E-state index in [1.807, 2.05) is 6.07 Å². The zero-order chi connectivity index (χ0) is 15.9. The molecule has 0 aliphatic heterocycles. The van der Waals surface area contributed by atoms with Crippen LogP contribution in [0.3, 0.4) is 0 Å². The second kappa shape index (κ2) is 7.70. The Balaban J connectivity index is 1.90. The summed E-state index contributed by atoms with van der Waals surface area (Å²) in [6.07, 6.45) is 1.65. The van der Waals surface area contributed by atoms with Crippen LogP contribution in [0.5, 0.6) is 0 Å². The molecule has 2 aromatic rings. The summed E-state index contributed by atoms with van der Waals surface area (Å²) in [7, 11) is 1.59. The van der Waals surface area contributed by atoms with E-state index in [1.54, 1.807) is 19.3 Å². The second-order valence-electron chi connectivity index (χ2n) is 4.50. The maximum Gasteiger partial charge on any atom is 0.191 e. The zero-order valence-electron chi connectivity index (χ0n) is 11.9. The molecule has 1 heterocycles. The van der Waals surface area contributed by atoms with Gasteiger partial charge in [0.25, 0.3) is 0 Å². The van der Waals surface area contributed by atoms with Crippen molar-refractivity contribution < 1.29 is 8.78 Å². The number of halogens is 3. The van der Waals surface area contributed by atoms with Crippen molar-refractivity contribution in [1.29, 1.82) is 0 Å². The van der Waals surface area contributed by atoms with E-state index in [2.05, 4.69) is 20.6 Å². The Morgan fingerprint density at radius 3 is 2.64 bits per heavy atom. The van der Waals surface area contributed by atoms with Crippen molar-refractivity contribution in [2.24, 2.45) is 4.99 Å². The van der Waals surface area contributed by atoms with Crippen LogP contribution in [0.15, 0.2) is 41.5 Å². The highest BCUT2D eigenvalue weighted by molar-refractivity contribution is 6.29. The molecule has 0 saturated heterocycles. The molecular weight excluding hydrogens is 310 g/mol. The Labute approximate surface area is 132 Å². The van der Waals surface area contributed by atoms with Crippen molar-refractivity contribution in [1.82, 2.24) is 15.6 Å². The molecule has 0 saturated carbocycles. The normalized spacial score (nSPS) is 11.4. The first-order chi connectivity index (χ1) is 10.6. The van der Waals surface area contributed by atoms with Gasteiger partial charge in [-0.1, -0.05) is 17.7 Å². The molecule has 2 N–H and O–H groups in total. The monoisotopic (exact) mass is 324 g/mol. The Bertz CT molecular complexity index is 659. The summed E-state index contributed by atoms with van der Waals surface area (Å²) in [6.45, 7) is 0.609. The number of hydrogen-bond acceptors (Lipinski definition) is 2. The highest BCUT2D eigenvalue weighted by atomic mass is 35.5. The van der Waals surface area contributed by atoms with Crippen molar-refractivity contribution in [3.05, 3.63) is 64.4 Å². The number of rotatable bonds is 4. The van der Waals surface area contributed by atoms with Crippen LogP contribution < -0.4 is 10.6 Å². The lowest BCUT2D eigenvalue weighted by atomic mass is 10.2. The molecule has 1 aromatic heterocycles. The number of nitrogens with one attached hydrogen (secondary N) is 2. The molecule has 0 spiro atoms. The summed E-state index contributed by atoms with van der Waals surface area (Å²) < 4.78 is 26.6. The van der Waals surface area contributed by atoms with Gasteiger partial charge < -0.3 is 10.6 Å². The fraction of sp³-hybridized carbons (Fsp3) is 0.200. The first kappa shape index (κ1) is 16.2. The third-order valence-electron chi connectivity index (χ3n) is 2.93. The molecule has 116 valence electrons. The van der Waals surface area contributed by atoms with Crippen LogP contribution in [0.1, 0.15) is 11.1 Å². The van der Waals surface area contributed by atoms with Crippen LogP contribution in [-0.2, 0) is 13.1 Å². The van der Waals surface area contributed by atoms with E-state index in [9.17, 15) is 8.78 Å². The quantitative estimate of drug-likeness (QED) is 0.516. The molecule has 0 bridgehead atoms. The van der Waals surface area contributed by atoms with E-state index >= 15 is 0 Å². The molecule has 1 aromatic carbocycles. The maximum atomic E-state index is 13.5. The van der Waals surface area contributed by atoms with E-state index in [1.165, 1.54) is 0 Å². The molecule has 22 heavy (non-hydrogen) atoms. The molecule has 0 fully saturated rings. The first-order valence-corrected chi connectivity index (χ1v) is 6.95. The highest BCUT2D eigenvalue weighted by Gasteiger charge is 2.05. The van der Waals surface area contributed by atoms with Gasteiger partial charge in [0, 0.05) is 31.9 Å². The number of hydrogen-bond donors (Lipinski definition) is 2. The number of benzene rings is 1. The van der Waals surface area contributed by atoms with Crippen molar-refractivity contribution in [2.75, 3.05) is 7.05 Å². The summed E-state index contributed by atoms with van der Waals surface area (Å²) in [5.74, 6) is -0.474. The summed E-state index contributed by atoms with van der Waals surface area (Å²) in [5, 5.41) is 6.39. The second-order valence-corrected chi connectivity index (χ2v) is 4.89. The third-order valence-corrected chi connectivity index (χ3v) is 3.15. The van der Waals surface area contributed by atoms with Gasteiger partial charge in [-0.05, 0) is 29.8 Å². The van der Waals surface area contributed by atoms with Crippen LogP contribution in [0, 0.1) is 11.6 Å². The summed E-state index contributed by atoms with van der Waals surface area (Å²) in [4.78, 5) is 7.99. The molecule has 4 nitrogen and oxygen atoms in total. The molecular formula is C15H15ClF2N4. The number of pyridine rings is 1. The number of aromatic nitrogens is 1. The lowest BCUT2D eigenvalue weighted by Crippen LogP contribution is -2.36. The van der Waals surface area contributed by atoms with E-state index in [0.717, 1.165) is 23.8 Å². The lowest BCUT2D eigenvalue weighted by Gasteiger charge is -2.12. The molecule has 0 aliphatic rings. The fourth-order valence-electron chi connectivity index (χ4n) is 1.78. The van der Waals surface area contributed by atoms with Gasteiger partial charge in [-0.15, -0.1) is 0 Å². The Hall–Kier alpha value is -2.21. The van der Waals surface area contributed by atoms with E-state index in [0.29, 0.717) is 17.7 Å².